The molecule has 8 nitrogen and oxygen atoms in total. The number of amides is 3. The molecule has 1 unspecified atom stereocenters. The van der Waals surface area contributed by atoms with Crippen molar-refractivity contribution in [2.75, 3.05) is 52.1 Å². The Morgan fingerprint density at radius 3 is 2.55 bits per heavy atom. The molecule has 0 aliphatic carbocycles. The van der Waals surface area contributed by atoms with E-state index in [0.717, 1.165) is 18.8 Å². The molecular weight excluding hydrogens is 390 g/mol. The summed E-state index contributed by atoms with van der Waals surface area (Å²) >= 11 is 1.19. The van der Waals surface area contributed by atoms with E-state index in [1.165, 1.54) is 18.7 Å². The smallest absolute Gasteiger partial charge is 0.318 e. The number of nitrogens with zero attached hydrogens (tertiary/aromatic N) is 4. The summed E-state index contributed by atoms with van der Waals surface area (Å²) in [5.41, 5.74) is 0.895. The van der Waals surface area contributed by atoms with E-state index in [2.05, 4.69) is 15.2 Å². The van der Waals surface area contributed by atoms with Crippen LogP contribution in [0.3, 0.4) is 0 Å². The minimum Gasteiger partial charge on any atom is -0.338 e. The lowest BCUT2D eigenvalue weighted by Gasteiger charge is -2.34. The molecule has 1 aliphatic rings. The van der Waals surface area contributed by atoms with Gasteiger partial charge in [-0.2, -0.15) is 0 Å². The highest BCUT2D eigenvalue weighted by atomic mass is 32.2. The Labute approximate surface area is 177 Å². The average molecular weight is 422 g/mol. The normalized spacial score (nSPS) is 15.6. The molecule has 1 fully saturated rings. The summed E-state index contributed by atoms with van der Waals surface area (Å²) in [5.74, 6) is 0.459. The van der Waals surface area contributed by atoms with E-state index < -0.39 is 6.04 Å². The van der Waals surface area contributed by atoms with Crippen LogP contribution in [0.25, 0.3) is 0 Å². The summed E-state index contributed by atoms with van der Waals surface area (Å²) in [7, 11) is 2.03. The standard InChI is InChI=1S/C20H31N5O3S/c1-16(19(27)24-12-10-23(3)11-13-24)22-20(28)25(14-15-29-17(2)26)9-7-18-6-4-5-8-21-18/h4-6,8,16H,7,9-15H2,1-3H3,(H,22,28). The van der Waals surface area contributed by atoms with E-state index in [9.17, 15) is 14.4 Å². The van der Waals surface area contributed by atoms with Gasteiger partial charge in [-0.05, 0) is 26.1 Å². The predicted octanol–water partition coefficient (Wildman–Crippen LogP) is 1.08. The van der Waals surface area contributed by atoms with Crippen molar-refractivity contribution in [3.8, 4) is 0 Å². The van der Waals surface area contributed by atoms with Crippen molar-refractivity contribution < 1.29 is 14.4 Å². The van der Waals surface area contributed by atoms with Crippen LogP contribution in [0, 0.1) is 0 Å². The minimum absolute atomic E-state index is 0.0219. The number of likely N-dealkylation sites (N-methyl/N-ethyl adjacent to an activating group) is 1. The van der Waals surface area contributed by atoms with E-state index >= 15 is 0 Å². The van der Waals surface area contributed by atoms with Gasteiger partial charge in [0.1, 0.15) is 6.04 Å². The molecule has 1 saturated heterocycles. The number of thioether (sulfide) groups is 1. The molecule has 1 N–H and O–H groups in total. The molecule has 2 rings (SSSR count). The Morgan fingerprint density at radius 2 is 1.93 bits per heavy atom. The van der Waals surface area contributed by atoms with E-state index in [1.54, 1.807) is 22.9 Å². The number of piperazine rings is 1. The number of urea groups is 1. The number of rotatable bonds is 8. The van der Waals surface area contributed by atoms with Crippen molar-refractivity contribution in [2.24, 2.45) is 0 Å². The largest absolute Gasteiger partial charge is 0.338 e. The zero-order chi connectivity index (χ0) is 21.2. The van der Waals surface area contributed by atoms with Gasteiger partial charge in [0, 0.05) is 70.3 Å². The van der Waals surface area contributed by atoms with E-state index in [0.29, 0.717) is 38.4 Å². The Morgan fingerprint density at radius 1 is 1.21 bits per heavy atom. The van der Waals surface area contributed by atoms with Crippen LogP contribution < -0.4 is 5.32 Å². The monoisotopic (exact) mass is 421 g/mol. The highest BCUT2D eigenvalue weighted by molar-refractivity contribution is 8.13. The van der Waals surface area contributed by atoms with Crippen molar-refractivity contribution in [1.82, 2.24) is 25.0 Å². The number of hydrogen-bond donors (Lipinski definition) is 1. The highest BCUT2D eigenvalue weighted by Gasteiger charge is 2.26. The van der Waals surface area contributed by atoms with Crippen LogP contribution in [0.5, 0.6) is 0 Å². The van der Waals surface area contributed by atoms with Gasteiger partial charge in [0.2, 0.25) is 5.91 Å². The highest BCUT2D eigenvalue weighted by Crippen LogP contribution is 2.06. The molecule has 29 heavy (non-hydrogen) atoms. The van der Waals surface area contributed by atoms with Crippen molar-refractivity contribution in [3.05, 3.63) is 30.1 Å². The van der Waals surface area contributed by atoms with Crippen molar-refractivity contribution in [2.45, 2.75) is 26.3 Å². The van der Waals surface area contributed by atoms with Gasteiger partial charge < -0.3 is 20.0 Å². The summed E-state index contributed by atoms with van der Waals surface area (Å²) in [4.78, 5) is 46.6. The average Bonchev–Trinajstić information content (AvgIpc) is 2.71. The Kier molecular flexibility index (Phi) is 9.40. The van der Waals surface area contributed by atoms with Gasteiger partial charge in [-0.3, -0.25) is 14.6 Å². The first kappa shape index (κ1) is 23.2. The molecule has 9 heteroatoms. The van der Waals surface area contributed by atoms with Gasteiger partial charge in [-0.1, -0.05) is 17.8 Å². The molecule has 1 aromatic rings. The van der Waals surface area contributed by atoms with Crippen LogP contribution in [0.2, 0.25) is 0 Å². The Bertz CT molecular complexity index is 680. The first-order chi connectivity index (χ1) is 13.9. The van der Waals surface area contributed by atoms with Crippen LogP contribution >= 0.6 is 11.8 Å². The molecule has 1 aliphatic heterocycles. The SMILES string of the molecule is CC(=O)SCCN(CCc1ccccn1)C(=O)NC(C)C(=O)N1CCN(C)CC1. The summed E-state index contributed by atoms with van der Waals surface area (Å²) in [5, 5.41) is 2.85. The lowest BCUT2D eigenvalue weighted by atomic mass is 10.2. The molecule has 3 amide bonds. The molecule has 0 spiro atoms. The third kappa shape index (κ3) is 8.02. The second kappa shape index (κ2) is 11.8. The van der Waals surface area contributed by atoms with Gasteiger partial charge in [0.25, 0.3) is 0 Å². The molecule has 0 aromatic carbocycles. The molecular formula is C20H31N5O3S. The van der Waals surface area contributed by atoms with Crippen molar-refractivity contribution >= 4 is 28.8 Å². The third-order valence-corrected chi connectivity index (χ3v) is 5.64. The van der Waals surface area contributed by atoms with Gasteiger partial charge in [0.05, 0.1) is 0 Å². The van der Waals surface area contributed by atoms with E-state index in [4.69, 9.17) is 0 Å². The van der Waals surface area contributed by atoms with Crippen molar-refractivity contribution in [1.29, 1.82) is 0 Å². The predicted molar refractivity (Wildman–Crippen MR) is 115 cm³/mol. The topological polar surface area (TPSA) is 85.8 Å². The molecule has 160 valence electrons. The second-order valence-electron chi connectivity index (χ2n) is 7.20. The van der Waals surface area contributed by atoms with Gasteiger partial charge in [-0.25, -0.2) is 4.79 Å². The van der Waals surface area contributed by atoms with Crippen LogP contribution in [0.1, 0.15) is 19.5 Å². The number of carbonyl (C=O) groups is 3. The number of aromatic nitrogens is 1. The van der Waals surface area contributed by atoms with Crippen LogP contribution in [-0.4, -0.2) is 94.8 Å². The quantitative estimate of drug-likeness (QED) is 0.676. The maximum absolute atomic E-state index is 12.8. The Hall–Kier alpha value is -2.13. The van der Waals surface area contributed by atoms with Gasteiger partial charge >= 0.3 is 6.03 Å². The van der Waals surface area contributed by atoms with E-state index in [1.807, 2.05) is 25.2 Å². The van der Waals surface area contributed by atoms with Crippen LogP contribution in [0.4, 0.5) is 4.79 Å². The summed E-state index contributed by atoms with van der Waals surface area (Å²) < 4.78 is 0. The van der Waals surface area contributed by atoms with Gasteiger partial charge in [-0.15, -0.1) is 0 Å². The molecule has 0 saturated carbocycles. The maximum Gasteiger partial charge on any atom is 0.318 e. The van der Waals surface area contributed by atoms with Gasteiger partial charge in [0.15, 0.2) is 5.12 Å². The fraction of sp³-hybridized carbons (Fsp3) is 0.600. The van der Waals surface area contributed by atoms with Crippen LogP contribution in [-0.2, 0) is 16.0 Å². The molecule has 1 aromatic heterocycles. The molecule has 2 heterocycles. The number of carbonyl (C=O) groups excluding carboxylic acids is 3. The Balaban J connectivity index is 1.91. The van der Waals surface area contributed by atoms with E-state index in [-0.39, 0.29) is 17.1 Å². The zero-order valence-corrected chi connectivity index (χ0v) is 18.3. The number of hydrogen-bond acceptors (Lipinski definition) is 6. The lowest BCUT2D eigenvalue weighted by Crippen LogP contribution is -2.55. The molecule has 1 atom stereocenters. The molecule has 0 bridgehead atoms. The summed E-state index contributed by atoms with van der Waals surface area (Å²) in [6.07, 6.45) is 2.34. The zero-order valence-electron chi connectivity index (χ0n) is 17.5. The second-order valence-corrected chi connectivity index (χ2v) is 8.47. The fourth-order valence-electron chi connectivity index (χ4n) is 3.05. The molecule has 0 radical (unpaired) electrons. The fourth-order valence-corrected chi connectivity index (χ4v) is 3.65. The summed E-state index contributed by atoms with van der Waals surface area (Å²) in [6.45, 7) is 7.16. The third-order valence-electron chi connectivity index (χ3n) is 4.84. The number of nitrogens with one attached hydrogen (secondary N) is 1. The minimum atomic E-state index is -0.594. The maximum atomic E-state index is 12.8. The number of pyridine rings is 1. The first-order valence-electron chi connectivity index (χ1n) is 9.93. The van der Waals surface area contributed by atoms with Crippen molar-refractivity contribution in [3.63, 3.8) is 0 Å². The lowest BCUT2D eigenvalue weighted by molar-refractivity contribution is -0.134. The first-order valence-corrected chi connectivity index (χ1v) is 10.9. The van der Waals surface area contributed by atoms with Crippen LogP contribution in [0.15, 0.2) is 24.4 Å². The summed E-state index contributed by atoms with van der Waals surface area (Å²) in [6, 6.07) is 4.79.